The van der Waals surface area contributed by atoms with Crippen LogP contribution in [-0.2, 0) is 6.54 Å². The van der Waals surface area contributed by atoms with E-state index >= 15 is 0 Å². The highest BCUT2D eigenvalue weighted by atomic mass is 19.3. The zero-order chi connectivity index (χ0) is 13.0. The number of hydrogen-bond acceptors (Lipinski definition) is 3. The van der Waals surface area contributed by atoms with Gasteiger partial charge in [0.25, 0.3) is 0 Å². The molecule has 100 valence electrons. The second-order valence-corrected chi connectivity index (χ2v) is 4.16. The standard InChI is InChI=1S/C12H15F3N2O/c13-11-7-10(18-12(14)15)2-1-9(11)8-17-5-3-16-4-6-17/h1-2,7,12,16H,3-6,8H2. The lowest BCUT2D eigenvalue weighted by molar-refractivity contribution is -0.0500. The Morgan fingerprint density at radius 3 is 2.61 bits per heavy atom. The van der Waals surface area contributed by atoms with Crippen molar-refractivity contribution in [1.29, 1.82) is 0 Å². The fraction of sp³-hybridized carbons (Fsp3) is 0.500. The van der Waals surface area contributed by atoms with E-state index in [2.05, 4.69) is 15.0 Å². The third kappa shape index (κ3) is 3.61. The highest BCUT2D eigenvalue weighted by molar-refractivity contribution is 5.29. The van der Waals surface area contributed by atoms with E-state index in [1.165, 1.54) is 12.1 Å². The molecule has 1 heterocycles. The van der Waals surface area contributed by atoms with E-state index in [1.54, 1.807) is 0 Å². The van der Waals surface area contributed by atoms with Crippen LogP contribution in [-0.4, -0.2) is 37.7 Å². The van der Waals surface area contributed by atoms with Crippen molar-refractivity contribution in [2.24, 2.45) is 0 Å². The van der Waals surface area contributed by atoms with Crippen molar-refractivity contribution in [2.45, 2.75) is 13.2 Å². The van der Waals surface area contributed by atoms with Crippen molar-refractivity contribution in [1.82, 2.24) is 10.2 Å². The van der Waals surface area contributed by atoms with Gasteiger partial charge in [0.15, 0.2) is 0 Å². The zero-order valence-corrected chi connectivity index (χ0v) is 9.83. The molecule has 0 bridgehead atoms. The number of alkyl halides is 2. The van der Waals surface area contributed by atoms with E-state index in [1.807, 2.05) is 0 Å². The molecule has 0 aliphatic carbocycles. The molecular formula is C12H15F3N2O. The minimum Gasteiger partial charge on any atom is -0.435 e. The van der Waals surface area contributed by atoms with Crippen LogP contribution in [0.2, 0.25) is 0 Å². The van der Waals surface area contributed by atoms with Gasteiger partial charge in [-0.05, 0) is 6.07 Å². The Hall–Kier alpha value is -1.27. The van der Waals surface area contributed by atoms with Crippen LogP contribution in [0.1, 0.15) is 5.56 Å². The molecule has 1 N–H and O–H groups in total. The van der Waals surface area contributed by atoms with Gasteiger partial charge in [0.2, 0.25) is 0 Å². The maximum Gasteiger partial charge on any atom is 0.387 e. The van der Waals surface area contributed by atoms with Gasteiger partial charge in [0.1, 0.15) is 11.6 Å². The number of rotatable bonds is 4. The largest absolute Gasteiger partial charge is 0.435 e. The van der Waals surface area contributed by atoms with Crippen molar-refractivity contribution in [3.63, 3.8) is 0 Å². The number of halogens is 3. The van der Waals surface area contributed by atoms with Gasteiger partial charge in [-0.15, -0.1) is 0 Å². The number of hydrogen-bond donors (Lipinski definition) is 1. The predicted octanol–water partition coefficient (Wildman–Crippen LogP) is 1.83. The first-order valence-electron chi connectivity index (χ1n) is 5.81. The number of benzene rings is 1. The van der Waals surface area contributed by atoms with Gasteiger partial charge in [0.05, 0.1) is 0 Å². The van der Waals surface area contributed by atoms with Crippen LogP contribution >= 0.6 is 0 Å². The third-order valence-electron chi connectivity index (χ3n) is 2.85. The van der Waals surface area contributed by atoms with E-state index in [0.29, 0.717) is 12.1 Å². The van der Waals surface area contributed by atoms with Crippen LogP contribution in [0.3, 0.4) is 0 Å². The topological polar surface area (TPSA) is 24.5 Å². The minimum absolute atomic E-state index is 0.147. The van der Waals surface area contributed by atoms with E-state index in [9.17, 15) is 13.2 Å². The van der Waals surface area contributed by atoms with Crippen LogP contribution < -0.4 is 10.1 Å². The van der Waals surface area contributed by atoms with Gasteiger partial charge in [-0.1, -0.05) is 6.07 Å². The second-order valence-electron chi connectivity index (χ2n) is 4.16. The molecule has 0 unspecified atom stereocenters. The summed E-state index contributed by atoms with van der Waals surface area (Å²) in [6, 6.07) is 3.87. The number of ether oxygens (including phenoxy) is 1. The quantitative estimate of drug-likeness (QED) is 0.894. The fourth-order valence-corrected chi connectivity index (χ4v) is 1.94. The molecule has 1 saturated heterocycles. The van der Waals surface area contributed by atoms with Gasteiger partial charge in [-0.2, -0.15) is 8.78 Å². The van der Waals surface area contributed by atoms with Gasteiger partial charge >= 0.3 is 6.61 Å². The van der Waals surface area contributed by atoms with Crippen LogP contribution in [0.15, 0.2) is 18.2 Å². The third-order valence-corrected chi connectivity index (χ3v) is 2.85. The molecule has 1 aliphatic rings. The molecule has 18 heavy (non-hydrogen) atoms. The lowest BCUT2D eigenvalue weighted by atomic mass is 10.2. The molecule has 0 saturated carbocycles. The summed E-state index contributed by atoms with van der Waals surface area (Å²) in [7, 11) is 0. The summed E-state index contributed by atoms with van der Waals surface area (Å²) in [6.07, 6.45) is 0. The Kier molecular flexibility index (Phi) is 4.43. The molecule has 1 fully saturated rings. The summed E-state index contributed by atoms with van der Waals surface area (Å²) in [4.78, 5) is 2.11. The van der Waals surface area contributed by atoms with Crippen molar-refractivity contribution in [3.8, 4) is 5.75 Å². The zero-order valence-electron chi connectivity index (χ0n) is 9.83. The SMILES string of the molecule is Fc1cc(OC(F)F)ccc1CN1CCNCC1. The maximum atomic E-state index is 13.7. The number of nitrogens with zero attached hydrogens (tertiary/aromatic N) is 1. The Morgan fingerprint density at radius 1 is 1.28 bits per heavy atom. The molecule has 2 rings (SSSR count). The summed E-state index contributed by atoms with van der Waals surface area (Å²) in [5, 5.41) is 3.21. The first-order chi connectivity index (χ1) is 8.65. The first kappa shape index (κ1) is 13.2. The lowest BCUT2D eigenvalue weighted by Gasteiger charge is -2.27. The average Bonchev–Trinajstić information content (AvgIpc) is 2.33. The smallest absolute Gasteiger partial charge is 0.387 e. The van der Waals surface area contributed by atoms with Crippen LogP contribution in [0.25, 0.3) is 0 Å². The van der Waals surface area contributed by atoms with Crippen molar-refractivity contribution >= 4 is 0 Å². The molecule has 0 atom stereocenters. The minimum atomic E-state index is -2.93. The second kappa shape index (κ2) is 6.06. The first-order valence-corrected chi connectivity index (χ1v) is 5.81. The van der Waals surface area contributed by atoms with Crippen LogP contribution in [0, 0.1) is 5.82 Å². The normalized spacial score (nSPS) is 17.1. The highest BCUT2D eigenvalue weighted by Gasteiger charge is 2.13. The molecule has 3 nitrogen and oxygen atoms in total. The van der Waals surface area contributed by atoms with Gasteiger partial charge in [-0.25, -0.2) is 4.39 Å². The summed E-state index contributed by atoms with van der Waals surface area (Å²) < 4.78 is 41.8. The van der Waals surface area contributed by atoms with Crippen molar-refractivity contribution < 1.29 is 17.9 Å². The number of piperazine rings is 1. The highest BCUT2D eigenvalue weighted by Crippen LogP contribution is 2.19. The summed E-state index contributed by atoms with van der Waals surface area (Å²) in [5.74, 6) is -0.654. The van der Waals surface area contributed by atoms with Crippen molar-refractivity contribution in [3.05, 3.63) is 29.6 Å². The van der Waals surface area contributed by atoms with Gasteiger partial charge < -0.3 is 10.1 Å². The molecule has 0 aromatic heterocycles. The monoisotopic (exact) mass is 260 g/mol. The van der Waals surface area contributed by atoms with Gasteiger partial charge in [-0.3, -0.25) is 4.90 Å². The Morgan fingerprint density at radius 2 is 2.00 bits per heavy atom. The lowest BCUT2D eigenvalue weighted by Crippen LogP contribution is -2.43. The van der Waals surface area contributed by atoms with E-state index in [0.717, 1.165) is 32.2 Å². The molecule has 6 heteroatoms. The van der Waals surface area contributed by atoms with Crippen LogP contribution in [0.5, 0.6) is 5.75 Å². The molecule has 1 aliphatic heterocycles. The van der Waals surface area contributed by atoms with Crippen molar-refractivity contribution in [2.75, 3.05) is 26.2 Å². The summed E-state index contributed by atoms with van der Waals surface area (Å²) in [5.41, 5.74) is 0.499. The van der Waals surface area contributed by atoms with E-state index < -0.39 is 12.4 Å². The summed E-state index contributed by atoms with van der Waals surface area (Å²) >= 11 is 0. The van der Waals surface area contributed by atoms with E-state index in [4.69, 9.17) is 0 Å². The molecule has 0 amide bonds. The van der Waals surface area contributed by atoms with Gasteiger partial charge in [0, 0.05) is 44.4 Å². The Bertz CT molecular complexity index is 395. The molecule has 1 aromatic rings. The Balaban J connectivity index is 2.00. The van der Waals surface area contributed by atoms with E-state index in [-0.39, 0.29) is 5.75 Å². The predicted molar refractivity (Wildman–Crippen MR) is 61.2 cm³/mol. The average molecular weight is 260 g/mol. The van der Waals surface area contributed by atoms with Crippen LogP contribution in [0.4, 0.5) is 13.2 Å². The summed E-state index contributed by atoms with van der Waals surface area (Å²) in [6.45, 7) is 1.04. The fourth-order valence-electron chi connectivity index (χ4n) is 1.94. The molecule has 0 spiro atoms. The Labute approximate surface area is 104 Å². The number of nitrogens with one attached hydrogen (secondary N) is 1. The molecular weight excluding hydrogens is 245 g/mol. The molecule has 0 radical (unpaired) electrons. The molecule has 1 aromatic carbocycles. The maximum absolute atomic E-state index is 13.7.